The number of hydrogen-bond acceptors (Lipinski definition) is 6. The predicted octanol–water partition coefficient (Wildman–Crippen LogP) is 2.17. The zero-order chi connectivity index (χ0) is 23.1. The summed E-state index contributed by atoms with van der Waals surface area (Å²) < 4.78 is 103. The summed E-state index contributed by atoms with van der Waals surface area (Å²) in [4.78, 5) is -0.283. The molecule has 2 aliphatic heterocycles. The standard InChI is InChI=1S/C19H19F3N2O6S2/c20-19(21,22)14-1-3-15(4-2-14)31(25,26)23-7-9-24(10-8-23)32(27,28)16-5-6-17-18(13-16)30-12-11-29-17/h1-6,13H,7-12H2. The first-order valence-corrected chi connectivity index (χ1v) is 12.4. The molecule has 0 radical (unpaired) electrons. The van der Waals surface area contributed by atoms with Gasteiger partial charge in [0, 0.05) is 32.2 Å². The molecule has 1 fully saturated rings. The fraction of sp³-hybridized carbons (Fsp3) is 0.368. The van der Waals surface area contributed by atoms with Gasteiger partial charge in [-0.1, -0.05) is 0 Å². The minimum Gasteiger partial charge on any atom is -0.486 e. The van der Waals surface area contributed by atoms with Crippen LogP contribution >= 0.6 is 0 Å². The number of nitrogens with zero attached hydrogens (tertiary/aromatic N) is 2. The molecule has 0 saturated carbocycles. The van der Waals surface area contributed by atoms with Gasteiger partial charge in [-0.15, -0.1) is 0 Å². The lowest BCUT2D eigenvalue weighted by Gasteiger charge is -2.33. The SMILES string of the molecule is O=S(=O)(c1ccc(C(F)(F)F)cc1)N1CCN(S(=O)(=O)c2ccc3c(c2)OCCO3)CC1. The van der Waals surface area contributed by atoms with E-state index in [1.54, 1.807) is 0 Å². The third-order valence-electron chi connectivity index (χ3n) is 5.17. The van der Waals surface area contributed by atoms with Crippen molar-refractivity contribution in [1.82, 2.24) is 8.61 Å². The van der Waals surface area contributed by atoms with Gasteiger partial charge in [0.1, 0.15) is 13.2 Å². The lowest BCUT2D eigenvalue weighted by molar-refractivity contribution is -0.137. The van der Waals surface area contributed by atoms with Crippen LogP contribution in [0, 0.1) is 0 Å². The first kappa shape index (κ1) is 22.8. The van der Waals surface area contributed by atoms with E-state index < -0.39 is 31.8 Å². The number of piperazine rings is 1. The van der Waals surface area contributed by atoms with Gasteiger partial charge in [0.2, 0.25) is 20.0 Å². The van der Waals surface area contributed by atoms with E-state index in [2.05, 4.69) is 0 Å². The van der Waals surface area contributed by atoms with Crippen molar-refractivity contribution in [2.75, 3.05) is 39.4 Å². The van der Waals surface area contributed by atoms with E-state index in [-0.39, 0.29) is 36.0 Å². The normalized spacial score (nSPS) is 18.5. The van der Waals surface area contributed by atoms with Gasteiger partial charge < -0.3 is 9.47 Å². The number of halogens is 3. The van der Waals surface area contributed by atoms with Crippen LogP contribution in [0.4, 0.5) is 13.2 Å². The van der Waals surface area contributed by atoms with Gasteiger partial charge in [0.15, 0.2) is 11.5 Å². The van der Waals surface area contributed by atoms with Gasteiger partial charge in [-0.3, -0.25) is 0 Å². The third-order valence-corrected chi connectivity index (χ3v) is 8.98. The second kappa shape index (κ2) is 8.21. The van der Waals surface area contributed by atoms with Crippen LogP contribution in [0.5, 0.6) is 11.5 Å². The molecule has 8 nitrogen and oxygen atoms in total. The summed E-state index contributed by atoms with van der Waals surface area (Å²) in [5, 5.41) is 0. The molecular weight excluding hydrogens is 473 g/mol. The monoisotopic (exact) mass is 492 g/mol. The van der Waals surface area contributed by atoms with Crippen LogP contribution in [0.2, 0.25) is 0 Å². The second-order valence-electron chi connectivity index (χ2n) is 7.14. The number of fused-ring (bicyclic) bond motifs is 1. The molecule has 0 spiro atoms. The summed E-state index contributed by atoms with van der Waals surface area (Å²) in [6.45, 7) is 0.207. The Kier molecular flexibility index (Phi) is 5.86. The fourth-order valence-electron chi connectivity index (χ4n) is 3.45. The van der Waals surface area contributed by atoms with Gasteiger partial charge in [0.25, 0.3) is 0 Å². The lowest BCUT2D eigenvalue weighted by atomic mass is 10.2. The minimum atomic E-state index is -4.57. The molecule has 2 heterocycles. The Morgan fingerprint density at radius 3 is 1.69 bits per heavy atom. The smallest absolute Gasteiger partial charge is 0.416 e. The van der Waals surface area contributed by atoms with Crippen LogP contribution in [-0.2, 0) is 26.2 Å². The molecular formula is C19H19F3N2O6S2. The van der Waals surface area contributed by atoms with Crippen LogP contribution in [0.15, 0.2) is 52.3 Å². The molecule has 2 aromatic rings. The summed E-state index contributed by atoms with van der Waals surface area (Å²) in [6.07, 6.45) is -4.57. The molecule has 2 aliphatic rings. The molecule has 2 aromatic carbocycles. The molecule has 13 heteroatoms. The van der Waals surface area contributed by atoms with Crippen molar-refractivity contribution in [3.63, 3.8) is 0 Å². The molecule has 0 aliphatic carbocycles. The van der Waals surface area contributed by atoms with Gasteiger partial charge >= 0.3 is 6.18 Å². The zero-order valence-electron chi connectivity index (χ0n) is 16.6. The largest absolute Gasteiger partial charge is 0.486 e. The van der Waals surface area contributed by atoms with Gasteiger partial charge in [-0.05, 0) is 36.4 Å². The number of sulfonamides is 2. The molecule has 1 saturated heterocycles. The topological polar surface area (TPSA) is 93.2 Å². The Morgan fingerprint density at radius 1 is 0.688 bits per heavy atom. The van der Waals surface area contributed by atoms with Crippen LogP contribution in [0.1, 0.15) is 5.56 Å². The zero-order valence-corrected chi connectivity index (χ0v) is 18.2. The first-order chi connectivity index (χ1) is 15.0. The number of alkyl halides is 3. The maximum absolute atomic E-state index is 13.0. The van der Waals surface area contributed by atoms with Crippen molar-refractivity contribution in [3.05, 3.63) is 48.0 Å². The number of ether oxygens (including phenoxy) is 2. The Labute approximate surface area is 183 Å². The van der Waals surface area contributed by atoms with Gasteiger partial charge in [-0.2, -0.15) is 21.8 Å². The average Bonchev–Trinajstić information content (AvgIpc) is 2.78. The fourth-order valence-corrected chi connectivity index (χ4v) is 6.31. The van der Waals surface area contributed by atoms with Crippen LogP contribution in [0.25, 0.3) is 0 Å². The van der Waals surface area contributed by atoms with E-state index in [1.807, 2.05) is 0 Å². The van der Waals surface area contributed by atoms with E-state index in [4.69, 9.17) is 9.47 Å². The second-order valence-corrected chi connectivity index (χ2v) is 11.0. The predicted molar refractivity (Wildman–Crippen MR) is 106 cm³/mol. The summed E-state index contributed by atoms with van der Waals surface area (Å²) in [7, 11) is -7.96. The quantitative estimate of drug-likeness (QED) is 0.650. The van der Waals surface area contributed by atoms with Crippen molar-refractivity contribution in [2.45, 2.75) is 16.0 Å². The van der Waals surface area contributed by atoms with Crippen molar-refractivity contribution in [1.29, 1.82) is 0 Å². The molecule has 174 valence electrons. The Hall–Kier alpha value is -2.35. The Balaban J connectivity index is 1.47. The summed E-state index contributed by atoms with van der Waals surface area (Å²) >= 11 is 0. The van der Waals surface area contributed by atoms with Crippen LogP contribution in [-0.4, -0.2) is 64.8 Å². The van der Waals surface area contributed by atoms with Gasteiger partial charge in [-0.25, -0.2) is 16.8 Å². The average molecular weight is 492 g/mol. The lowest BCUT2D eigenvalue weighted by Crippen LogP contribution is -2.50. The third kappa shape index (κ3) is 4.29. The highest BCUT2D eigenvalue weighted by Crippen LogP contribution is 2.34. The van der Waals surface area contributed by atoms with Crippen molar-refractivity contribution < 1.29 is 39.5 Å². The number of benzene rings is 2. The number of hydrogen-bond donors (Lipinski definition) is 0. The summed E-state index contributed by atoms with van der Waals surface area (Å²) in [5.74, 6) is 0.767. The van der Waals surface area contributed by atoms with E-state index in [9.17, 15) is 30.0 Å². The molecule has 4 rings (SSSR count). The molecule has 0 unspecified atom stereocenters. The van der Waals surface area contributed by atoms with Crippen LogP contribution < -0.4 is 9.47 Å². The molecule has 0 amide bonds. The van der Waals surface area contributed by atoms with Gasteiger partial charge in [0.05, 0.1) is 15.4 Å². The maximum atomic E-state index is 13.0. The van der Waals surface area contributed by atoms with E-state index in [0.717, 1.165) is 20.7 Å². The summed E-state index contributed by atoms with van der Waals surface area (Å²) in [5.41, 5.74) is -0.952. The molecule has 0 N–H and O–H groups in total. The van der Waals surface area contributed by atoms with Crippen LogP contribution in [0.3, 0.4) is 0 Å². The van der Waals surface area contributed by atoms with Crippen molar-refractivity contribution in [3.8, 4) is 11.5 Å². The maximum Gasteiger partial charge on any atom is 0.416 e. The molecule has 0 bridgehead atoms. The van der Waals surface area contributed by atoms with E-state index >= 15 is 0 Å². The van der Waals surface area contributed by atoms with Crippen molar-refractivity contribution in [2.24, 2.45) is 0 Å². The Bertz CT molecular complexity index is 1210. The molecule has 0 aromatic heterocycles. The van der Waals surface area contributed by atoms with E-state index in [0.29, 0.717) is 36.8 Å². The highest BCUT2D eigenvalue weighted by Gasteiger charge is 2.35. The Morgan fingerprint density at radius 2 is 1.16 bits per heavy atom. The molecule has 0 atom stereocenters. The summed E-state index contributed by atoms with van der Waals surface area (Å²) in [6, 6.07) is 7.48. The minimum absolute atomic E-state index is 0.000738. The highest BCUT2D eigenvalue weighted by molar-refractivity contribution is 7.89. The number of rotatable bonds is 4. The van der Waals surface area contributed by atoms with Crippen molar-refractivity contribution >= 4 is 20.0 Å². The molecule has 32 heavy (non-hydrogen) atoms. The highest BCUT2D eigenvalue weighted by atomic mass is 32.2. The first-order valence-electron chi connectivity index (χ1n) is 9.57. The van der Waals surface area contributed by atoms with E-state index in [1.165, 1.54) is 18.2 Å².